The number of carboxylic acid groups (broad SMARTS) is 1. The number of hydrogen-bond acceptors (Lipinski definition) is 3. The fraction of sp³-hybridized carbons (Fsp3) is 0.385. The van der Waals surface area contributed by atoms with Gasteiger partial charge in [-0.15, -0.1) is 0 Å². The molecule has 1 heterocycles. The third kappa shape index (κ3) is 4.06. The number of nitrogens with one attached hydrogen (secondary N) is 2. The topological polar surface area (TPSA) is 70.6 Å². The van der Waals surface area contributed by atoms with Gasteiger partial charge in [-0.25, -0.2) is 4.79 Å². The monoisotopic (exact) mass is 314 g/mol. The minimum atomic E-state index is -1.02. The summed E-state index contributed by atoms with van der Waals surface area (Å²) in [6.45, 7) is 1.45. The Labute approximate surface area is 127 Å². The number of hydrogen-bond donors (Lipinski definition) is 3. The Balaban J connectivity index is 1.88. The van der Waals surface area contributed by atoms with E-state index in [2.05, 4.69) is 10.6 Å². The summed E-state index contributed by atoms with van der Waals surface area (Å²) >= 11 is 11.2. The second-order valence-electron chi connectivity index (χ2n) is 4.47. The van der Waals surface area contributed by atoms with Crippen molar-refractivity contribution in [3.63, 3.8) is 0 Å². The van der Waals surface area contributed by atoms with Gasteiger partial charge in [0, 0.05) is 13.2 Å². The molecule has 1 aromatic rings. The predicted octanol–water partition coefficient (Wildman–Crippen LogP) is 2.50. The van der Waals surface area contributed by atoms with Crippen LogP contribution in [0.25, 0.3) is 0 Å². The average molecular weight is 315 g/mol. The molecule has 0 aromatic heterocycles. The van der Waals surface area contributed by atoms with Crippen LogP contribution in [0.2, 0.25) is 5.02 Å². The van der Waals surface area contributed by atoms with Crippen LogP contribution in [0.4, 0.5) is 5.69 Å². The zero-order valence-corrected chi connectivity index (χ0v) is 12.3. The van der Waals surface area contributed by atoms with Gasteiger partial charge in [-0.2, -0.15) is 0 Å². The molecule has 2 rings (SSSR count). The molecule has 3 N–H and O–H groups in total. The molecule has 1 atom stereocenters. The Morgan fingerprint density at radius 1 is 1.55 bits per heavy atom. The zero-order valence-electron chi connectivity index (χ0n) is 10.7. The first-order chi connectivity index (χ1) is 9.56. The van der Waals surface area contributed by atoms with Crippen LogP contribution in [0.3, 0.4) is 0 Å². The molecule has 0 radical (unpaired) electrons. The molecule has 1 aromatic carbocycles. The van der Waals surface area contributed by atoms with Crippen molar-refractivity contribution in [2.45, 2.75) is 18.9 Å². The maximum Gasteiger partial charge on any atom is 0.335 e. The Kier molecular flexibility index (Phi) is 5.17. The molecule has 5 nitrogen and oxygen atoms in total. The normalized spacial score (nSPS) is 17.8. The number of thiocarbonyl (C=S) groups is 1. The summed E-state index contributed by atoms with van der Waals surface area (Å²) in [6.07, 6.45) is 2.30. The van der Waals surface area contributed by atoms with Crippen molar-refractivity contribution < 1.29 is 14.6 Å². The smallest absolute Gasteiger partial charge is 0.335 e. The maximum atomic E-state index is 10.8. The average Bonchev–Trinajstić information content (AvgIpc) is 2.91. The predicted molar refractivity (Wildman–Crippen MR) is 81.6 cm³/mol. The van der Waals surface area contributed by atoms with Gasteiger partial charge < -0.3 is 20.5 Å². The third-order valence-corrected chi connectivity index (χ3v) is 3.54. The van der Waals surface area contributed by atoms with Gasteiger partial charge in [0.15, 0.2) is 5.11 Å². The molecular formula is C13H15ClN2O3S. The largest absolute Gasteiger partial charge is 0.478 e. The molecule has 20 heavy (non-hydrogen) atoms. The highest BCUT2D eigenvalue weighted by Crippen LogP contribution is 2.23. The molecule has 0 bridgehead atoms. The molecule has 1 aliphatic heterocycles. The maximum absolute atomic E-state index is 10.8. The minimum Gasteiger partial charge on any atom is -0.478 e. The molecule has 1 aliphatic rings. The molecule has 1 fully saturated rings. The van der Waals surface area contributed by atoms with E-state index < -0.39 is 5.97 Å². The van der Waals surface area contributed by atoms with Crippen molar-refractivity contribution in [2.75, 3.05) is 18.5 Å². The lowest BCUT2D eigenvalue weighted by Gasteiger charge is -2.14. The van der Waals surface area contributed by atoms with Crippen LogP contribution in [0.1, 0.15) is 23.2 Å². The zero-order chi connectivity index (χ0) is 14.5. The number of halogens is 1. The van der Waals surface area contributed by atoms with Crippen molar-refractivity contribution in [1.82, 2.24) is 5.32 Å². The van der Waals surface area contributed by atoms with Gasteiger partial charge in [-0.1, -0.05) is 11.6 Å². The number of carboxylic acids is 1. The third-order valence-electron chi connectivity index (χ3n) is 2.98. The quantitative estimate of drug-likeness (QED) is 0.742. The van der Waals surface area contributed by atoms with Crippen molar-refractivity contribution in [3.8, 4) is 0 Å². The first-order valence-electron chi connectivity index (χ1n) is 6.25. The molecule has 0 saturated carbocycles. The van der Waals surface area contributed by atoms with Crippen LogP contribution >= 0.6 is 23.8 Å². The Bertz CT molecular complexity index is 518. The van der Waals surface area contributed by atoms with E-state index in [1.54, 1.807) is 6.07 Å². The van der Waals surface area contributed by atoms with E-state index in [1.165, 1.54) is 12.1 Å². The lowest BCUT2D eigenvalue weighted by atomic mass is 10.2. The number of ether oxygens (including phenoxy) is 1. The summed E-state index contributed by atoms with van der Waals surface area (Å²) < 4.78 is 5.48. The second-order valence-corrected chi connectivity index (χ2v) is 5.29. The number of anilines is 1. The lowest BCUT2D eigenvalue weighted by Crippen LogP contribution is -2.34. The summed E-state index contributed by atoms with van der Waals surface area (Å²) in [5.41, 5.74) is 0.709. The highest BCUT2D eigenvalue weighted by atomic mass is 35.5. The van der Waals surface area contributed by atoms with E-state index in [0.29, 0.717) is 22.4 Å². The molecule has 1 unspecified atom stereocenters. The Morgan fingerprint density at radius 2 is 2.35 bits per heavy atom. The SMILES string of the molecule is O=C(O)c1ccc(NC(=S)NCC2CCCO2)c(Cl)c1. The number of benzene rings is 1. The standard InChI is InChI=1S/C13H15ClN2O3S/c14-10-6-8(12(17)18)3-4-11(10)16-13(20)15-7-9-2-1-5-19-9/h3-4,6,9H,1-2,5,7H2,(H,17,18)(H2,15,16,20). The van der Waals surface area contributed by atoms with Crippen LogP contribution < -0.4 is 10.6 Å². The lowest BCUT2D eigenvalue weighted by molar-refractivity contribution is 0.0697. The van der Waals surface area contributed by atoms with Gasteiger partial charge in [0.1, 0.15) is 0 Å². The first kappa shape index (κ1) is 15.0. The molecule has 1 saturated heterocycles. The molecule has 7 heteroatoms. The van der Waals surface area contributed by atoms with E-state index in [9.17, 15) is 4.79 Å². The molecule has 108 valence electrons. The van der Waals surface area contributed by atoms with Crippen LogP contribution in [-0.4, -0.2) is 35.4 Å². The summed E-state index contributed by atoms with van der Waals surface area (Å²) in [4.78, 5) is 10.8. The highest BCUT2D eigenvalue weighted by molar-refractivity contribution is 7.80. The van der Waals surface area contributed by atoms with E-state index >= 15 is 0 Å². The van der Waals surface area contributed by atoms with Crippen molar-refractivity contribution in [2.24, 2.45) is 0 Å². The molecule has 0 amide bonds. The fourth-order valence-corrected chi connectivity index (χ4v) is 2.35. The molecule has 0 spiro atoms. The van der Waals surface area contributed by atoms with E-state index in [4.69, 9.17) is 33.7 Å². The van der Waals surface area contributed by atoms with E-state index in [0.717, 1.165) is 19.4 Å². The Hall–Kier alpha value is -1.37. The van der Waals surface area contributed by atoms with Gasteiger partial charge in [-0.05, 0) is 43.3 Å². The van der Waals surface area contributed by atoms with E-state index in [1.807, 2.05) is 0 Å². The second kappa shape index (κ2) is 6.88. The van der Waals surface area contributed by atoms with Gasteiger partial charge in [-0.3, -0.25) is 0 Å². The van der Waals surface area contributed by atoms with Crippen LogP contribution in [0.15, 0.2) is 18.2 Å². The van der Waals surface area contributed by atoms with Crippen LogP contribution in [-0.2, 0) is 4.74 Å². The van der Waals surface area contributed by atoms with Gasteiger partial charge in [0.2, 0.25) is 0 Å². The Morgan fingerprint density at radius 3 is 2.95 bits per heavy atom. The van der Waals surface area contributed by atoms with Crippen molar-refractivity contribution in [3.05, 3.63) is 28.8 Å². The molecular weight excluding hydrogens is 300 g/mol. The summed E-state index contributed by atoms with van der Waals surface area (Å²) in [6, 6.07) is 4.44. The van der Waals surface area contributed by atoms with Crippen molar-refractivity contribution in [1.29, 1.82) is 0 Å². The fourth-order valence-electron chi connectivity index (χ4n) is 1.93. The van der Waals surface area contributed by atoms with Crippen LogP contribution in [0, 0.1) is 0 Å². The highest BCUT2D eigenvalue weighted by Gasteiger charge is 2.15. The summed E-state index contributed by atoms with van der Waals surface area (Å²) in [7, 11) is 0. The van der Waals surface area contributed by atoms with Gasteiger partial charge in [0.05, 0.1) is 22.4 Å². The van der Waals surface area contributed by atoms with Gasteiger partial charge >= 0.3 is 5.97 Å². The van der Waals surface area contributed by atoms with Gasteiger partial charge in [0.25, 0.3) is 0 Å². The summed E-state index contributed by atoms with van der Waals surface area (Å²) in [5, 5.41) is 15.6. The minimum absolute atomic E-state index is 0.138. The van der Waals surface area contributed by atoms with Crippen molar-refractivity contribution >= 4 is 40.6 Å². The number of aromatic carboxylic acids is 1. The van der Waals surface area contributed by atoms with E-state index in [-0.39, 0.29) is 11.7 Å². The number of rotatable bonds is 4. The number of carbonyl (C=O) groups is 1. The molecule has 0 aliphatic carbocycles. The summed E-state index contributed by atoms with van der Waals surface area (Å²) in [5.74, 6) is -1.02. The first-order valence-corrected chi connectivity index (χ1v) is 7.04. The van der Waals surface area contributed by atoms with Crippen LogP contribution in [0.5, 0.6) is 0 Å².